The summed E-state index contributed by atoms with van der Waals surface area (Å²) in [6, 6.07) is 9.69. The summed E-state index contributed by atoms with van der Waals surface area (Å²) in [5, 5.41) is 11.7. The number of nitrogens with zero attached hydrogens (tertiary/aromatic N) is 2. The van der Waals surface area contributed by atoms with Crippen molar-refractivity contribution in [2.24, 2.45) is 0 Å². The molecule has 0 saturated carbocycles. The van der Waals surface area contributed by atoms with E-state index in [-0.39, 0.29) is 5.75 Å². The first-order chi connectivity index (χ1) is 8.72. The zero-order chi connectivity index (χ0) is 13.0. The van der Waals surface area contributed by atoms with E-state index in [2.05, 4.69) is 10.3 Å². The molecule has 0 aliphatic carbocycles. The molecule has 0 aliphatic rings. The van der Waals surface area contributed by atoms with Gasteiger partial charge in [-0.15, -0.1) is 0 Å². The quantitative estimate of drug-likeness (QED) is 0.900. The molecule has 1 N–H and O–H groups in total. The van der Waals surface area contributed by atoms with Crippen molar-refractivity contribution < 1.29 is 9.13 Å². The first-order valence-corrected chi connectivity index (χ1v) is 5.19. The molecule has 90 valence electrons. The molecular formula is C13H10FN3O. The van der Waals surface area contributed by atoms with Crippen molar-refractivity contribution in [2.75, 3.05) is 12.4 Å². The molecule has 4 nitrogen and oxygen atoms in total. The highest BCUT2D eigenvalue weighted by Gasteiger charge is 2.04. The van der Waals surface area contributed by atoms with Crippen molar-refractivity contribution in [3.05, 3.63) is 47.9 Å². The monoisotopic (exact) mass is 243 g/mol. The SMILES string of the molecule is COc1ccc(Nc2cc(C#N)ccn2)cc1F. The van der Waals surface area contributed by atoms with E-state index >= 15 is 0 Å². The van der Waals surface area contributed by atoms with Crippen LogP contribution in [0.3, 0.4) is 0 Å². The van der Waals surface area contributed by atoms with Gasteiger partial charge in [-0.05, 0) is 24.3 Å². The van der Waals surface area contributed by atoms with E-state index in [1.807, 2.05) is 6.07 Å². The number of halogens is 1. The molecule has 1 aromatic carbocycles. The Morgan fingerprint density at radius 2 is 2.17 bits per heavy atom. The summed E-state index contributed by atoms with van der Waals surface area (Å²) in [4.78, 5) is 4.04. The Labute approximate surface area is 104 Å². The van der Waals surface area contributed by atoms with E-state index in [9.17, 15) is 4.39 Å². The van der Waals surface area contributed by atoms with Gasteiger partial charge < -0.3 is 10.1 Å². The lowest BCUT2D eigenvalue weighted by molar-refractivity contribution is 0.386. The van der Waals surface area contributed by atoms with Gasteiger partial charge in [-0.25, -0.2) is 9.37 Å². The van der Waals surface area contributed by atoms with Gasteiger partial charge in [-0.3, -0.25) is 0 Å². The van der Waals surface area contributed by atoms with Gasteiger partial charge in [0, 0.05) is 18.0 Å². The molecule has 1 heterocycles. The van der Waals surface area contributed by atoms with Gasteiger partial charge in [0.15, 0.2) is 11.6 Å². The number of hydrogen-bond acceptors (Lipinski definition) is 4. The Hall–Kier alpha value is -2.61. The molecule has 18 heavy (non-hydrogen) atoms. The van der Waals surface area contributed by atoms with Gasteiger partial charge in [0.25, 0.3) is 0 Å². The summed E-state index contributed by atoms with van der Waals surface area (Å²) in [6.07, 6.45) is 1.51. The summed E-state index contributed by atoms with van der Waals surface area (Å²) in [7, 11) is 1.41. The summed E-state index contributed by atoms with van der Waals surface area (Å²) < 4.78 is 18.3. The van der Waals surface area contributed by atoms with Crippen LogP contribution in [0.4, 0.5) is 15.9 Å². The van der Waals surface area contributed by atoms with Crippen molar-refractivity contribution in [1.29, 1.82) is 5.26 Å². The minimum Gasteiger partial charge on any atom is -0.494 e. The van der Waals surface area contributed by atoms with Crippen LogP contribution in [0.25, 0.3) is 0 Å². The lowest BCUT2D eigenvalue weighted by Gasteiger charge is -2.07. The molecule has 0 spiro atoms. The molecular weight excluding hydrogens is 233 g/mol. The number of anilines is 2. The lowest BCUT2D eigenvalue weighted by Crippen LogP contribution is -1.95. The predicted molar refractivity (Wildman–Crippen MR) is 65.2 cm³/mol. The average molecular weight is 243 g/mol. The zero-order valence-electron chi connectivity index (χ0n) is 9.64. The first-order valence-electron chi connectivity index (χ1n) is 5.19. The minimum absolute atomic E-state index is 0.180. The molecule has 0 atom stereocenters. The molecule has 0 fully saturated rings. The predicted octanol–water partition coefficient (Wildman–Crippen LogP) is 2.84. The number of benzene rings is 1. The van der Waals surface area contributed by atoms with Gasteiger partial charge in [0.2, 0.25) is 0 Å². The first kappa shape index (κ1) is 11.9. The topological polar surface area (TPSA) is 57.9 Å². The van der Waals surface area contributed by atoms with Crippen molar-refractivity contribution >= 4 is 11.5 Å². The van der Waals surface area contributed by atoms with Gasteiger partial charge in [-0.1, -0.05) is 0 Å². The third-order valence-electron chi connectivity index (χ3n) is 2.31. The van der Waals surface area contributed by atoms with E-state index in [1.54, 1.807) is 18.2 Å². The second-order valence-electron chi connectivity index (χ2n) is 3.52. The van der Waals surface area contributed by atoms with Crippen LogP contribution in [0, 0.1) is 17.1 Å². The molecule has 5 heteroatoms. The standard InChI is InChI=1S/C13H10FN3O/c1-18-12-3-2-10(7-11(12)14)17-13-6-9(8-15)4-5-16-13/h2-7H,1H3,(H,16,17). The maximum absolute atomic E-state index is 13.5. The molecule has 0 bridgehead atoms. The highest BCUT2D eigenvalue weighted by atomic mass is 19.1. The maximum atomic E-state index is 13.5. The van der Waals surface area contributed by atoms with Crippen LogP contribution < -0.4 is 10.1 Å². The number of nitrogens with one attached hydrogen (secondary N) is 1. The Balaban J connectivity index is 2.23. The number of nitriles is 1. The van der Waals surface area contributed by atoms with Crippen LogP contribution in [-0.2, 0) is 0 Å². The van der Waals surface area contributed by atoms with Crippen molar-refractivity contribution in [3.8, 4) is 11.8 Å². The lowest BCUT2D eigenvalue weighted by atomic mass is 10.2. The second-order valence-corrected chi connectivity index (χ2v) is 3.52. The van der Waals surface area contributed by atoms with E-state index in [0.29, 0.717) is 17.1 Å². The zero-order valence-corrected chi connectivity index (χ0v) is 9.64. The smallest absolute Gasteiger partial charge is 0.167 e. The van der Waals surface area contributed by atoms with Crippen LogP contribution in [0.15, 0.2) is 36.5 Å². The Morgan fingerprint density at radius 3 is 2.83 bits per heavy atom. The van der Waals surface area contributed by atoms with Gasteiger partial charge in [0.1, 0.15) is 5.82 Å². The highest BCUT2D eigenvalue weighted by molar-refractivity contribution is 5.58. The average Bonchev–Trinajstić information content (AvgIpc) is 2.39. The van der Waals surface area contributed by atoms with Crippen LogP contribution >= 0.6 is 0 Å². The molecule has 2 aromatic rings. The molecule has 0 saturated heterocycles. The summed E-state index contributed by atoms with van der Waals surface area (Å²) in [6.45, 7) is 0. The Kier molecular flexibility index (Phi) is 3.39. The van der Waals surface area contributed by atoms with Gasteiger partial charge in [-0.2, -0.15) is 5.26 Å². The molecule has 0 unspecified atom stereocenters. The summed E-state index contributed by atoms with van der Waals surface area (Å²) in [5.41, 5.74) is 1.03. The van der Waals surface area contributed by atoms with Crippen LogP contribution in [0.5, 0.6) is 5.75 Å². The molecule has 2 rings (SSSR count). The number of pyridine rings is 1. The number of aromatic nitrogens is 1. The van der Waals surface area contributed by atoms with E-state index in [4.69, 9.17) is 10.00 Å². The minimum atomic E-state index is -0.459. The summed E-state index contributed by atoms with van der Waals surface area (Å²) >= 11 is 0. The molecule has 1 aromatic heterocycles. The molecule has 0 radical (unpaired) electrons. The van der Waals surface area contributed by atoms with E-state index in [1.165, 1.54) is 25.4 Å². The van der Waals surface area contributed by atoms with E-state index in [0.717, 1.165) is 0 Å². The van der Waals surface area contributed by atoms with Gasteiger partial charge >= 0.3 is 0 Å². The maximum Gasteiger partial charge on any atom is 0.167 e. The van der Waals surface area contributed by atoms with Crippen molar-refractivity contribution in [3.63, 3.8) is 0 Å². The normalized spacial score (nSPS) is 9.61. The van der Waals surface area contributed by atoms with Gasteiger partial charge in [0.05, 0.1) is 18.7 Å². The third kappa shape index (κ3) is 2.55. The fraction of sp³-hybridized carbons (Fsp3) is 0.0769. The number of hydrogen-bond donors (Lipinski definition) is 1. The highest BCUT2D eigenvalue weighted by Crippen LogP contribution is 2.22. The van der Waals surface area contributed by atoms with Crippen molar-refractivity contribution in [2.45, 2.75) is 0 Å². The second kappa shape index (κ2) is 5.15. The molecule has 0 amide bonds. The molecule has 0 aliphatic heterocycles. The van der Waals surface area contributed by atoms with Crippen LogP contribution in [0.1, 0.15) is 5.56 Å². The van der Waals surface area contributed by atoms with E-state index < -0.39 is 5.82 Å². The summed E-state index contributed by atoms with van der Waals surface area (Å²) in [5.74, 6) is 0.205. The Morgan fingerprint density at radius 1 is 1.33 bits per heavy atom. The largest absolute Gasteiger partial charge is 0.494 e. The van der Waals surface area contributed by atoms with Crippen LogP contribution in [0.2, 0.25) is 0 Å². The Bertz CT molecular complexity index is 607. The number of methoxy groups -OCH3 is 1. The fourth-order valence-electron chi connectivity index (χ4n) is 1.46. The van der Waals surface area contributed by atoms with Crippen molar-refractivity contribution in [1.82, 2.24) is 4.98 Å². The fourth-order valence-corrected chi connectivity index (χ4v) is 1.46. The number of ether oxygens (including phenoxy) is 1. The van der Waals surface area contributed by atoms with Crippen LogP contribution in [-0.4, -0.2) is 12.1 Å². The third-order valence-corrected chi connectivity index (χ3v) is 2.31. The number of rotatable bonds is 3.